The smallest absolute Gasteiger partial charge is 0.243 e. The number of nitrogens with one attached hydrogen (secondary N) is 1. The van der Waals surface area contributed by atoms with Crippen LogP contribution in [0, 0.1) is 20.8 Å². The van der Waals surface area contributed by atoms with Crippen LogP contribution in [0.15, 0.2) is 17.0 Å². The Morgan fingerprint density at radius 1 is 1.08 bits per heavy atom. The van der Waals surface area contributed by atoms with Gasteiger partial charge in [-0.3, -0.25) is 9.69 Å². The Morgan fingerprint density at radius 2 is 1.73 bits per heavy atom. The Kier molecular flexibility index (Phi) is 5.16. The van der Waals surface area contributed by atoms with Gasteiger partial charge in [-0.25, -0.2) is 8.42 Å². The largest absolute Gasteiger partial charge is 0.356 e. The monoisotopic (exact) mass is 379 g/mol. The normalized spacial score (nSPS) is 25.9. The highest BCUT2D eigenvalue weighted by atomic mass is 32.2. The third-order valence-corrected chi connectivity index (χ3v) is 8.05. The van der Waals surface area contributed by atoms with E-state index in [4.69, 9.17) is 0 Å². The molecule has 0 radical (unpaired) electrons. The van der Waals surface area contributed by atoms with Gasteiger partial charge in [0, 0.05) is 38.1 Å². The second-order valence-corrected chi connectivity index (χ2v) is 9.69. The Bertz CT molecular complexity index is 798. The molecule has 2 fully saturated rings. The van der Waals surface area contributed by atoms with Crippen LogP contribution in [0.25, 0.3) is 0 Å². The number of sulfonamides is 1. The molecule has 1 amide bonds. The highest BCUT2D eigenvalue weighted by Gasteiger charge is 2.44. The number of aryl methyl sites for hydroxylation is 3. The summed E-state index contributed by atoms with van der Waals surface area (Å²) in [6.45, 7) is 7.91. The van der Waals surface area contributed by atoms with E-state index in [1.54, 1.807) is 4.31 Å². The molecule has 3 rings (SSSR count). The summed E-state index contributed by atoms with van der Waals surface area (Å²) in [6, 6.07) is 3.86. The van der Waals surface area contributed by atoms with Crippen LogP contribution < -0.4 is 5.32 Å². The summed E-state index contributed by atoms with van der Waals surface area (Å²) >= 11 is 0. The molecule has 6 nitrogen and oxygen atoms in total. The quantitative estimate of drug-likeness (QED) is 0.847. The van der Waals surface area contributed by atoms with Crippen molar-refractivity contribution < 1.29 is 13.2 Å². The number of benzene rings is 1. The second-order valence-electron chi connectivity index (χ2n) is 7.81. The molecule has 0 saturated carbocycles. The van der Waals surface area contributed by atoms with Crippen molar-refractivity contribution in [2.45, 2.75) is 50.5 Å². The highest BCUT2D eigenvalue weighted by molar-refractivity contribution is 7.89. The van der Waals surface area contributed by atoms with E-state index >= 15 is 0 Å². The lowest BCUT2D eigenvalue weighted by molar-refractivity contribution is -0.121. The third-order valence-electron chi connectivity index (χ3n) is 5.90. The molecular weight excluding hydrogens is 350 g/mol. The molecule has 0 unspecified atom stereocenters. The van der Waals surface area contributed by atoms with Crippen LogP contribution in [0.4, 0.5) is 0 Å². The Morgan fingerprint density at radius 3 is 2.38 bits per heavy atom. The fourth-order valence-corrected chi connectivity index (χ4v) is 6.39. The predicted molar refractivity (Wildman–Crippen MR) is 102 cm³/mol. The van der Waals surface area contributed by atoms with Crippen LogP contribution in [0.1, 0.15) is 36.0 Å². The van der Waals surface area contributed by atoms with Crippen LogP contribution in [0.2, 0.25) is 0 Å². The lowest BCUT2D eigenvalue weighted by atomic mass is 9.87. The first-order chi connectivity index (χ1) is 12.2. The van der Waals surface area contributed by atoms with Crippen LogP contribution >= 0.6 is 0 Å². The lowest BCUT2D eigenvalue weighted by Gasteiger charge is -2.48. The van der Waals surface area contributed by atoms with Crippen molar-refractivity contribution in [3.63, 3.8) is 0 Å². The number of hydrogen-bond donors (Lipinski definition) is 1. The molecule has 0 aliphatic carbocycles. The number of hydrogen-bond acceptors (Lipinski definition) is 4. The maximum atomic E-state index is 13.4. The molecule has 2 heterocycles. The summed E-state index contributed by atoms with van der Waals surface area (Å²) < 4.78 is 28.5. The minimum absolute atomic E-state index is 0.0560. The van der Waals surface area contributed by atoms with Crippen molar-refractivity contribution in [1.82, 2.24) is 14.5 Å². The average molecular weight is 380 g/mol. The zero-order valence-electron chi connectivity index (χ0n) is 16.1. The summed E-state index contributed by atoms with van der Waals surface area (Å²) in [5.41, 5.74) is 2.39. The average Bonchev–Trinajstić information content (AvgIpc) is 2.71. The number of carbonyl (C=O) groups excluding carboxylic acids is 1. The fourth-order valence-electron chi connectivity index (χ4n) is 4.47. The summed E-state index contributed by atoms with van der Waals surface area (Å²) in [5, 5.41) is 2.91. The van der Waals surface area contributed by atoms with Gasteiger partial charge in [-0.1, -0.05) is 17.7 Å². The molecule has 2 aliphatic rings. The number of amides is 1. The molecule has 7 heteroatoms. The van der Waals surface area contributed by atoms with E-state index in [1.165, 1.54) is 0 Å². The van der Waals surface area contributed by atoms with E-state index in [9.17, 15) is 13.2 Å². The standard InChI is InChI=1S/C19H29N3O3S/c1-14-11-15(2)18(16(3)12-14)26(24,25)22-10-9-21(4)19(13-22)6-5-17(23)20-8-7-19/h11-12H,5-10,13H2,1-4H3,(H,20,23)/t19-/m0/s1. The molecule has 1 atom stereocenters. The van der Waals surface area contributed by atoms with Gasteiger partial charge in [0.2, 0.25) is 15.9 Å². The SMILES string of the molecule is Cc1cc(C)c(S(=O)(=O)N2CCN(C)[C@@]3(CCNC(=O)CC3)C2)c(C)c1. The molecular formula is C19H29N3O3S. The van der Waals surface area contributed by atoms with Crippen LogP contribution in [-0.4, -0.2) is 62.3 Å². The maximum Gasteiger partial charge on any atom is 0.243 e. The van der Waals surface area contributed by atoms with Crippen molar-refractivity contribution in [3.8, 4) is 0 Å². The number of piperazine rings is 1. The lowest BCUT2D eigenvalue weighted by Crippen LogP contribution is -2.62. The van der Waals surface area contributed by atoms with Crippen molar-refractivity contribution in [2.24, 2.45) is 0 Å². The second kappa shape index (κ2) is 6.94. The molecule has 26 heavy (non-hydrogen) atoms. The highest BCUT2D eigenvalue weighted by Crippen LogP contribution is 2.34. The summed E-state index contributed by atoms with van der Waals surface area (Å²) in [4.78, 5) is 14.5. The van der Waals surface area contributed by atoms with E-state index in [1.807, 2.05) is 40.0 Å². The third kappa shape index (κ3) is 3.40. The van der Waals surface area contributed by atoms with E-state index in [0.29, 0.717) is 43.9 Å². The van der Waals surface area contributed by atoms with E-state index in [0.717, 1.165) is 23.1 Å². The Balaban J connectivity index is 1.95. The van der Waals surface area contributed by atoms with Gasteiger partial charge in [0.1, 0.15) is 0 Å². The van der Waals surface area contributed by atoms with Crippen molar-refractivity contribution in [2.75, 3.05) is 33.2 Å². The number of likely N-dealkylation sites (N-methyl/N-ethyl adjacent to an activating group) is 1. The van der Waals surface area contributed by atoms with E-state index < -0.39 is 10.0 Å². The molecule has 2 saturated heterocycles. The zero-order valence-corrected chi connectivity index (χ0v) is 16.9. The Hall–Kier alpha value is -1.44. The van der Waals surface area contributed by atoms with Gasteiger partial charge in [-0.2, -0.15) is 4.31 Å². The van der Waals surface area contributed by atoms with Gasteiger partial charge in [-0.15, -0.1) is 0 Å². The van der Waals surface area contributed by atoms with Crippen molar-refractivity contribution >= 4 is 15.9 Å². The van der Waals surface area contributed by atoms with Gasteiger partial charge in [-0.05, 0) is 51.8 Å². The minimum atomic E-state index is -3.56. The van der Waals surface area contributed by atoms with Gasteiger partial charge in [0.15, 0.2) is 0 Å². The minimum Gasteiger partial charge on any atom is -0.356 e. The summed E-state index contributed by atoms with van der Waals surface area (Å²) in [5.74, 6) is 0.0560. The molecule has 1 N–H and O–H groups in total. The van der Waals surface area contributed by atoms with Crippen LogP contribution in [0.3, 0.4) is 0 Å². The van der Waals surface area contributed by atoms with Crippen molar-refractivity contribution in [3.05, 3.63) is 28.8 Å². The Labute approximate surface area is 156 Å². The topological polar surface area (TPSA) is 69.7 Å². The molecule has 1 aromatic carbocycles. The van der Waals surface area contributed by atoms with Crippen molar-refractivity contribution in [1.29, 1.82) is 0 Å². The predicted octanol–water partition coefficient (Wildman–Crippen LogP) is 1.59. The first-order valence-electron chi connectivity index (χ1n) is 9.22. The van der Waals surface area contributed by atoms with E-state index in [2.05, 4.69) is 10.2 Å². The molecule has 2 aliphatic heterocycles. The van der Waals surface area contributed by atoms with E-state index in [-0.39, 0.29) is 11.4 Å². The van der Waals surface area contributed by atoms with Crippen LogP contribution in [0.5, 0.6) is 0 Å². The molecule has 1 spiro atoms. The summed E-state index contributed by atoms with van der Waals surface area (Å²) in [7, 11) is -1.52. The zero-order chi connectivity index (χ0) is 19.1. The molecule has 144 valence electrons. The maximum absolute atomic E-state index is 13.4. The molecule has 1 aromatic rings. The number of rotatable bonds is 2. The fraction of sp³-hybridized carbons (Fsp3) is 0.632. The summed E-state index contributed by atoms with van der Waals surface area (Å²) in [6.07, 6.45) is 1.90. The van der Waals surface area contributed by atoms with Gasteiger partial charge in [0.25, 0.3) is 0 Å². The molecule has 0 aromatic heterocycles. The van der Waals surface area contributed by atoms with Crippen LogP contribution in [-0.2, 0) is 14.8 Å². The first kappa shape index (κ1) is 19.3. The number of nitrogens with zero attached hydrogens (tertiary/aromatic N) is 2. The van der Waals surface area contributed by atoms with Gasteiger partial charge < -0.3 is 5.32 Å². The molecule has 0 bridgehead atoms. The van der Waals surface area contributed by atoms with Gasteiger partial charge in [0.05, 0.1) is 4.90 Å². The number of carbonyl (C=O) groups is 1. The first-order valence-corrected chi connectivity index (χ1v) is 10.7. The van der Waals surface area contributed by atoms with Gasteiger partial charge >= 0.3 is 0 Å².